The highest BCUT2D eigenvalue weighted by atomic mass is 79.9. The van der Waals surface area contributed by atoms with E-state index in [-0.39, 0.29) is 5.57 Å². The monoisotopic (exact) mass is 570 g/mol. The van der Waals surface area contributed by atoms with E-state index in [0.29, 0.717) is 33.8 Å². The van der Waals surface area contributed by atoms with Crippen molar-refractivity contribution in [2.24, 2.45) is 0 Å². The number of nitrogens with zero attached hydrogens (tertiary/aromatic N) is 1. The number of nitrogens with one attached hydrogen (secondary N) is 1. The van der Waals surface area contributed by atoms with Crippen molar-refractivity contribution in [3.05, 3.63) is 106 Å². The maximum Gasteiger partial charge on any atom is 0.335 e. The first-order valence-electron chi connectivity index (χ1n) is 11.8. The lowest BCUT2D eigenvalue weighted by molar-refractivity contribution is -0.122. The molecule has 4 aromatic rings. The standard InChI is InChI=1S/C30H23BrN2O5/c1-18-7-11-23(12-8-18)33-29(35)24(28(34)32-30(33)36)14-20-15-25(31)27(26(16-20)37-2)38-17-19-9-10-21-5-3-4-6-22(21)13-19/h3-16H,17H2,1-2H3,(H,32,34,36)/b24-14+. The highest BCUT2D eigenvalue weighted by molar-refractivity contribution is 9.10. The molecule has 4 amide bonds. The predicted octanol–water partition coefficient (Wildman–Crippen LogP) is 6.16. The molecule has 5 rings (SSSR count). The topological polar surface area (TPSA) is 84.9 Å². The van der Waals surface area contributed by atoms with Gasteiger partial charge in [0.15, 0.2) is 11.5 Å². The second-order valence-electron chi connectivity index (χ2n) is 8.80. The average molecular weight is 571 g/mol. The molecular formula is C30H23BrN2O5. The number of benzene rings is 4. The smallest absolute Gasteiger partial charge is 0.335 e. The molecule has 1 heterocycles. The molecule has 1 N–H and O–H groups in total. The molecule has 1 aliphatic rings. The average Bonchev–Trinajstić information content (AvgIpc) is 2.91. The lowest BCUT2D eigenvalue weighted by Gasteiger charge is -2.26. The maximum atomic E-state index is 13.2. The van der Waals surface area contributed by atoms with E-state index in [0.717, 1.165) is 26.8 Å². The van der Waals surface area contributed by atoms with Gasteiger partial charge < -0.3 is 9.47 Å². The van der Waals surface area contributed by atoms with E-state index in [4.69, 9.17) is 9.47 Å². The van der Waals surface area contributed by atoms with Gasteiger partial charge in [-0.15, -0.1) is 0 Å². The molecule has 0 atom stereocenters. The number of barbiturate groups is 1. The summed E-state index contributed by atoms with van der Waals surface area (Å²) in [6.45, 7) is 2.21. The van der Waals surface area contributed by atoms with Crippen LogP contribution in [0.5, 0.6) is 11.5 Å². The van der Waals surface area contributed by atoms with E-state index in [2.05, 4.69) is 33.4 Å². The number of urea groups is 1. The Kier molecular flexibility index (Phi) is 6.98. The van der Waals surface area contributed by atoms with Crippen LogP contribution in [-0.2, 0) is 16.2 Å². The number of rotatable bonds is 6. The fraction of sp³-hybridized carbons (Fsp3) is 0.100. The summed E-state index contributed by atoms with van der Waals surface area (Å²) in [5, 5.41) is 4.51. The van der Waals surface area contributed by atoms with Crippen LogP contribution in [0.25, 0.3) is 16.8 Å². The first kappa shape index (κ1) is 25.2. The third-order valence-corrected chi connectivity index (χ3v) is 6.74. The zero-order valence-corrected chi connectivity index (χ0v) is 22.2. The zero-order valence-electron chi connectivity index (χ0n) is 20.7. The van der Waals surface area contributed by atoms with Gasteiger partial charge in [0.25, 0.3) is 11.8 Å². The van der Waals surface area contributed by atoms with Crippen LogP contribution in [0, 0.1) is 6.92 Å². The molecule has 7 nitrogen and oxygen atoms in total. The van der Waals surface area contributed by atoms with Crippen molar-refractivity contribution in [1.82, 2.24) is 5.32 Å². The summed E-state index contributed by atoms with van der Waals surface area (Å²) >= 11 is 3.53. The molecule has 0 radical (unpaired) electrons. The van der Waals surface area contributed by atoms with Gasteiger partial charge >= 0.3 is 6.03 Å². The number of ether oxygens (including phenoxy) is 2. The Morgan fingerprint density at radius 2 is 1.66 bits per heavy atom. The van der Waals surface area contributed by atoms with E-state index in [9.17, 15) is 14.4 Å². The number of imide groups is 2. The number of hydrogen-bond acceptors (Lipinski definition) is 5. The van der Waals surface area contributed by atoms with Gasteiger partial charge in [0, 0.05) is 0 Å². The molecule has 0 bridgehead atoms. The molecule has 1 fully saturated rings. The number of anilines is 1. The van der Waals surface area contributed by atoms with Gasteiger partial charge in [0.05, 0.1) is 17.3 Å². The van der Waals surface area contributed by atoms with E-state index in [1.807, 2.05) is 37.3 Å². The van der Waals surface area contributed by atoms with Gasteiger partial charge in [0.2, 0.25) is 0 Å². The number of hydrogen-bond donors (Lipinski definition) is 1. The van der Waals surface area contributed by atoms with E-state index < -0.39 is 17.8 Å². The van der Waals surface area contributed by atoms with Crippen LogP contribution in [0.1, 0.15) is 16.7 Å². The van der Waals surface area contributed by atoms with Crippen LogP contribution in [0.3, 0.4) is 0 Å². The van der Waals surface area contributed by atoms with Gasteiger partial charge in [-0.2, -0.15) is 0 Å². The molecule has 0 saturated carbocycles. The van der Waals surface area contributed by atoms with Crippen molar-refractivity contribution >= 4 is 56.3 Å². The zero-order chi connectivity index (χ0) is 26.8. The molecule has 190 valence electrons. The number of aryl methyl sites for hydroxylation is 1. The Hall–Kier alpha value is -4.43. The van der Waals surface area contributed by atoms with E-state index in [1.165, 1.54) is 13.2 Å². The van der Waals surface area contributed by atoms with E-state index in [1.54, 1.807) is 36.4 Å². The van der Waals surface area contributed by atoms with Crippen molar-refractivity contribution in [1.29, 1.82) is 0 Å². The van der Waals surface area contributed by atoms with Crippen LogP contribution in [-0.4, -0.2) is 25.0 Å². The van der Waals surface area contributed by atoms with Gasteiger partial charge in [-0.3, -0.25) is 14.9 Å². The summed E-state index contributed by atoms with van der Waals surface area (Å²) in [5.41, 5.74) is 2.68. The number of halogens is 1. The summed E-state index contributed by atoms with van der Waals surface area (Å²) in [6, 6.07) is 23.7. The van der Waals surface area contributed by atoms with Crippen LogP contribution >= 0.6 is 15.9 Å². The van der Waals surface area contributed by atoms with Crippen LogP contribution in [0.2, 0.25) is 0 Å². The molecule has 8 heteroatoms. The SMILES string of the molecule is COc1cc(/C=C2\C(=O)NC(=O)N(c3ccc(C)cc3)C2=O)cc(Br)c1OCc1ccc2ccccc2c1. The number of carbonyl (C=O) groups excluding carboxylic acids is 3. The van der Waals surface area contributed by atoms with Crippen molar-refractivity contribution in [2.75, 3.05) is 12.0 Å². The summed E-state index contributed by atoms with van der Waals surface area (Å²) in [5.74, 6) is -0.578. The minimum absolute atomic E-state index is 0.177. The molecule has 4 aromatic carbocycles. The minimum atomic E-state index is -0.794. The number of fused-ring (bicyclic) bond motifs is 1. The minimum Gasteiger partial charge on any atom is -0.493 e. The normalized spacial score (nSPS) is 14.7. The van der Waals surface area contributed by atoms with Crippen molar-refractivity contribution in [3.63, 3.8) is 0 Å². The molecule has 1 aliphatic heterocycles. The molecule has 38 heavy (non-hydrogen) atoms. The summed E-state index contributed by atoms with van der Waals surface area (Å²) in [7, 11) is 1.51. The van der Waals surface area contributed by atoms with Crippen LogP contribution in [0.15, 0.2) is 88.9 Å². The Balaban J connectivity index is 1.42. The predicted molar refractivity (Wildman–Crippen MR) is 149 cm³/mol. The largest absolute Gasteiger partial charge is 0.493 e. The Bertz CT molecular complexity index is 1610. The summed E-state index contributed by atoms with van der Waals surface area (Å²) in [6.07, 6.45) is 1.42. The van der Waals surface area contributed by atoms with Crippen molar-refractivity contribution < 1.29 is 23.9 Å². The lowest BCUT2D eigenvalue weighted by Crippen LogP contribution is -2.54. The molecule has 0 aliphatic carbocycles. The van der Waals surface area contributed by atoms with Gasteiger partial charge in [-0.05, 0) is 81.2 Å². The van der Waals surface area contributed by atoms with Gasteiger partial charge in [0.1, 0.15) is 12.2 Å². The highest BCUT2D eigenvalue weighted by Crippen LogP contribution is 2.38. The Morgan fingerprint density at radius 1 is 0.921 bits per heavy atom. The third kappa shape index (κ3) is 5.03. The second-order valence-corrected chi connectivity index (χ2v) is 9.65. The summed E-state index contributed by atoms with van der Waals surface area (Å²) in [4.78, 5) is 39.2. The van der Waals surface area contributed by atoms with Gasteiger partial charge in [-0.25, -0.2) is 9.69 Å². The summed E-state index contributed by atoms with van der Waals surface area (Å²) < 4.78 is 12.2. The fourth-order valence-corrected chi connectivity index (χ4v) is 4.77. The first-order chi connectivity index (χ1) is 18.3. The number of amides is 4. The maximum absolute atomic E-state index is 13.2. The lowest BCUT2D eigenvalue weighted by atomic mass is 10.1. The fourth-order valence-electron chi connectivity index (χ4n) is 4.20. The van der Waals surface area contributed by atoms with Crippen LogP contribution < -0.4 is 19.7 Å². The van der Waals surface area contributed by atoms with Gasteiger partial charge in [-0.1, -0.05) is 54.1 Å². The van der Waals surface area contributed by atoms with Crippen molar-refractivity contribution in [3.8, 4) is 11.5 Å². The molecule has 0 unspecified atom stereocenters. The first-order valence-corrected chi connectivity index (χ1v) is 12.6. The van der Waals surface area contributed by atoms with Crippen molar-refractivity contribution in [2.45, 2.75) is 13.5 Å². The van der Waals surface area contributed by atoms with Crippen LogP contribution in [0.4, 0.5) is 10.5 Å². The quantitative estimate of drug-likeness (QED) is 0.221. The Morgan fingerprint density at radius 3 is 2.39 bits per heavy atom. The Labute approximate surface area is 227 Å². The number of carbonyl (C=O) groups is 3. The van der Waals surface area contributed by atoms with E-state index >= 15 is 0 Å². The molecular weight excluding hydrogens is 548 g/mol. The highest BCUT2D eigenvalue weighted by Gasteiger charge is 2.36. The molecule has 0 spiro atoms. The molecule has 0 aromatic heterocycles. The number of methoxy groups -OCH3 is 1. The third-order valence-electron chi connectivity index (χ3n) is 6.15. The second kappa shape index (κ2) is 10.5. The molecule has 1 saturated heterocycles.